The van der Waals surface area contributed by atoms with Gasteiger partial charge in [0.15, 0.2) is 5.04 Å². The van der Waals surface area contributed by atoms with E-state index in [0.717, 1.165) is 19.6 Å². The second-order valence-electron chi connectivity index (χ2n) is 4.34. The van der Waals surface area contributed by atoms with Gasteiger partial charge in [-0.15, -0.1) is 0 Å². The van der Waals surface area contributed by atoms with E-state index in [4.69, 9.17) is 9.94 Å². The topological polar surface area (TPSA) is 62.1 Å². The third-order valence-corrected chi connectivity index (χ3v) is 4.11. The number of ether oxygens (including phenoxy) is 1. The monoisotopic (exact) mass is 310 g/mol. The lowest BCUT2D eigenvalue weighted by Crippen LogP contribution is -2.26. The predicted octanol–water partition coefficient (Wildman–Crippen LogP) is 2.74. The van der Waals surface area contributed by atoms with Crippen molar-refractivity contribution in [1.29, 1.82) is 0 Å². The highest BCUT2D eigenvalue weighted by Crippen LogP contribution is 2.15. The first kappa shape index (κ1) is 17.5. The number of nitrogens with zero attached hydrogens (tertiary/aromatic N) is 2. The fourth-order valence-electron chi connectivity index (χ4n) is 1.82. The zero-order chi connectivity index (χ0) is 15.7. The summed E-state index contributed by atoms with van der Waals surface area (Å²) in [5.74, 6) is 1.12. The lowest BCUT2D eigenvalue weighted by atomic mass is 10.1. The van der Waals surface area contributed by atoms with Gasteiger partial charge < -0.3 is 14.8 Å². The van der Waals surface area contributed by atoms with Gasteiger partial charge in [-0.25, -0.2) is 0 Å². The lowest BCUT2D eigenvalue weighted by Gasteiger charge is -2.17. The Bertz CT molecular complexity index is 470. The predicted molar refractivity (Wildman–Crippen MR) is 86.8 cm³/mol. The van der Waals surface area contributed by atoms with Crippen LogP contribution in [0.5, 0.6) is 5.75 Å². The highest BCUT2D eigenvalue weighted by atomic mass is 32.2. The fraction of sp³-hybridized carbons (Fsp3) is 0.467. The maximum absolute atomic E-state index is 12.2. The van der Waals surface area contributed by atoms with Gasteiger partial charge in [-0.2, -0.15) is 0 Å². The van der Waals surface area contributed by atoms with Crippen LogP contribution in [-0.2, 0) is 0 Å². The molecular formula is C15H22N2O3S. The Morgan fingerprint density at radius 2 is 1.90 bits per heavy atom. The molecule has 0 bridgehead atoms. The summed E-state index contributed by atoms with van der Waals surface area (Å²) in [6, 6.07) is 6.75. The number of ketones is 1. The molecule has 0 radical (unpaired) electrons. The van der Waals surface area contributed by atoms with Crippen LogP contribution in [0.4, 0.5) is 0 Å². The molecule has 0 heterocycles. The molecule has 0 aliphatic carbocycles. The molecule has 0 saturated carbocycles. The van der Waals surface area contributed by atoms with Crippen LogP contribution in [0.2, 0.25) is 0 Å². The minimum Gasteiger partial charge on any atom is -0.497 e. The molecular weight excluding hydrogens is 288 g/mol. The van der Waals surface area contributed by atoms with E-state index in [2.05, 4.69) is 23.9 Å². The van der Waals surface area contributed by atoms with Crippen LogP contribution in [0.3, 0.4) is 0 Å². The average Bonchev–Trinajstić information content (AvgIpc) is 2.55. The first-order valence-corrected chi connectivity index (χ1v) is 7.90. The van der Waals surface area contributed by atoms with Gasteiger partial charge in [-0.3, -0.25) is 4.79 Å². The third-order valence-electron chi connectivity index (χ3n) is 3.18. The highest BCUT2D eigenvalue weighted by Gasteiger charge is 2.16. The van der Waals surface area contributed by atoms with Crippen molar-refractivity contribution in [2.24, 2.45) is 5.16 Å². The average molecular weight is 310 g/mol. The van der Waals surface area contributed by atoms with Crippen LogP contribution >= 0.6 is 11.8 Å². The number of hydrogen-bond acceptors (Lipinski definition) is 6. The number of thioether (sulfide) groups is 1. The van der Waals surface area contributed by atoms with E-state index in [1.165, 1.54) is 11.8 Å². The van der Waals surface area contributed by atoms with Crippen LogP contribution < -0.4 is 4.74 Å². The molecule has 0 fully saturated rings. The molecule has 0 unspecified atom stereocenters. The maximum atomic E-state index is 12.2. The van der Waals surface area contributed by atoms with Crippen LogP contribution in [0, 0.1) is 0 Å². The Morgan fingerprint density at radius 3 is 2.38 bits per heavy atom. The van der Waals surface area contributed by atoms with E-state index in [9.17, 15) is 4.79 Å². The zero-order valence-corrected chi connectivity index (χ0v) is 13.5. The van der Waals surface area contributed by atoms with E-state index < -0.39 is 0 Å². The van der Waals surface area contributed by atoms with Gasteiger partial charge in [-0.05, 0) is 37.4 Å². The molecule has 0 aliphatic heterocycles. The van der Waals surface area contributed by atoms with Gasteiger partial charge in [0.2, 0.25) is 5.78 Å². The molecule has 1 N–H and O–H groups in total. The van der Waals surface area contributed by atoms with Gasteiger partial charge in [0.05, 0.1) is 7.11 Å². The Balaban J connectivity index is 2.60. The van der Waals surface area contributed by atoms with Crippen molar-refractivity contribution in [1.82, 2.24) is 4.90 Å². The molecule has 0 spiro atoms. The third kappa shape index (κ3) is 5.40. The number of hydrogen-bond donors (Lipinski definition) is 1. The largest absolute Gasteiger partial charge is 0.497 e. The molecule has 1 aromatic rings. The Labute approximate surface area is 130 Å². The molecule has 0 atom stereocenters. The van der Waals surface area contributed by atoms with Gasteiger partial charge >= 0.3 is 0 Å². The number of methoxy groups -OCH3 is 1. The summed E-state index contributed by atoms with van der Waals surface area (Å²) in [6.07, 6.45) is 0. The van der Waals surface area contributed by atoms with Crippen LogP contribution in [0.1, 0.15) is 24.2 Å². The molecule has 5 nitrogen and oxygen atoms in total. The van der Waals surface area contributed by atoms with Gasteiger partial charge in [-0.1, -0.05) is 30.8 Å². The molecule has 6 heteroatoms. The fourth-order valence-corrected chi connectivity index (χ4v) is 2.67. The van der Waals surface area contributed by atoms with Gasteiger partial charge in [0, 0.05) is 17.9 Å². The molecule has 0 amide bonds. The number of rotatable bonds is 8. The molecule has 1 aromatic carbocycles. The van der Waals surface area contributed by atoms with E-state index in [1.807, 2.05) is 0 Å². The van der Waals surface area contributed by atoms with Gasteiger partial charge in [0.1, 0.15) is 5.75 Å². The van der Waals surface area contributed by atoms with E-state index in [1.54, 1.807) is 31.4 Å². The number of Topliss-reactive ketones (excluding diaryl/α,β-unsaturated/α-hetero) is 1. The maximum Gasteiger partial charge on any atom is 0.221 e. The number of benzene rings is 1. The number of carbonyl (C=O) groups is 1. The van der Waals surface area contributed by atoms with Crippen molar-refractivity contribution in [3.05, 3.63) is 29.8 Å². The summed E-state index contributed by atoms with van der Waals surface area (Å²) in [6.45, 7) is 6.98. The summed E-state index contributed by atoms with van der Waals surface area (Å²) < 4.78 is 5.05. The van der Waals surface area contributed by atoms with Crippen LogP contribution in [0.25, 0.3) is 0 Å². The first-order valence-electron chi connectivity index (χ1n) is 6.92. The second-order valence-corrected chi connectivity index (χ2v) is 5.42. The molecule has 0 aliphatic rings. The molecule has 0 saturated heterocycles. The highest BCUT2D eigenvalue weighted by molar-refractivity contribution is 8.15. The van der Waals surface area contributed by atoms with Crippen LogP contribution in [0.15, 0.2) is 29.4 Å². The smallest absolute Gasteiger partial charge is 0.221 e. The quantitative estimate of drug-likeness (QED) is 0.263. The van der Waals surface area contributed by atoms with Crippen molar-refractivity contribution in [2.45, 2.75) is 13.8 Å². The van der Waals surface area contributed by atoms with Crippen molar-refractivity contribution < 1.29 is 14.7 Å². The molecule has 21 heavy (non-hydrogen) atoms. The van der Waals surface area contributed by atoms with Crippen LogP contribution in [-0.4, -0.2) is 53.4 Å². The summed E-state index contributed by atoms with van der Waals surface area (Å²) in [5, 5.41) is 12.3. The normalized spacial score (nSPS) is 11.7. The van der Waals surface area contributed by atoms with E-state index >= 15 is 0 Å². The summed E-state index contributed by atoms with van der Waals surface area (Å²) in [7, 11) is 1.57. The van der Waals surface area contributed by atoms with E-state index in [0.29, 0.717) is 17.1 Å². The Kier molecular flexibility index (Phi) is 7.85. The Morgan fingerprint density at radius 1 is 1.29 bits per heavy atom. The van der Waals surface area contributed by atoms with Crippen molar-refractivity contribution in [3.63, 3.8) is 0 Å². The van der Waals surface area contributed by atoms with Crippen molar-refractivity contribution in [3.8, 4) is 5.75 Å². The summed E-state index contributed by atoms with van der Waals surface area (Å²) >= 11 is 1.27. The number of carbonyl (C=O) groups excluding carboxylic acids is 1. The minimum absolute atomic E-state index is 0.118. The van der Waals surface area contributed by atoms with Crippen molar-refractivity contribution >= 4 is 22.6 Å². The molecule has 116 valence electrons. The molecule has 1 rings (SSSR count). The minimum atomic E-state index is -0.273. The zero-order valence-electron chi connectivity index (χ0n) is 12.7. The van der Waals surface area contributed by atoms with Crippen molar-refractivity contribution in [2.75, 3.05) is 32.5 Å². The lowest BCUT2D eigenvalue weighted by molar-refractivity contribution is 0.106. The van der Waals surface area contributed by atoms with Gasteiger partial charge in [0.25, 0.3) is 0 Å². The van der Waals surface area contributed by atoms with E-state index in [-0.39, 0.29) is 10.8 Å². The summed E-state index contributed by atoms with van der Waals surface area (Å²) in [4.78, 5) is 14.5. The number of oxime groups is 1. The standard InChI is InChI=1S/C15H22N2O3S/c1-4-17(5-2)10-11-21-15(16-19)14(18)12-6-8-13(20-3)9-7-12/h6-9,19H,4-5,10-11H2,1-3H3/b16-15-. The first-order chi connectivity index (χ1) is 10.2. The molecule has 0 aromatic heterocycles. The SMILES string of the molecule is CCN(CC)CCS/C(=N\O)C(=O)c1ccc(OC)cc1. The second kappa shape index (κ2) is 9.41. The summed E-state index contributed by atoms with van der Waals surface area (Å²) in [5.41, 5.74) is 0.485. The Hall–Kier alpha value is -1.53.